The van der Waals surface area contributed by atoms with Gasteiger partial charge in [0.25, 0.3) is 0 Å². The van der Waals surface area contributed by atoms with Gasteiger partial charge in [0.1, 0.15) is 35.5 Å². The molecule has 8 rings (SSSR count). The molecule has 3 aliphatic rings. The lowest BCUT2D eigenvalue weighted by Gasteiger charge is -2.35. The van der Waals surface area contributed by atoms with Crippen LogP contribution in [-0.4, -0.2) is 101 Å². The number of amides is 2. The van der Waals surface area contributed by atoms with E-state index in [2.05, 4.69) is 30.3 Å². The quantitative estimate of drug-likeness (QED) is 0.139. The predicted octanol–water partition coefficient (Wildman–Crippen LogP) is 4.49. The number of carbonyl (C=O) groups is 3. The fourth-order valence-electron chi connectivity index (χ4n) is 8.17. The summed E-state index contributed by atoms with van der Waals surface area (Å²) in [6.07, 6.45) is 5.58. The van der Waals surface area contributed by atoms with E-state index in [-0.39, 0.29) is 36.5 Å². The standard InChI is InChI=1S/C41H45FN10O3/c1-48(35-13-16-40(54)46-41(35)55)34-10-3-8-31(30(34)17-25-53)43-18-20-49-21-23-50(24-22-49)38-12-4-9-32(45-38)36-27-44-37-14-15-39(47-52(36)37)51-19-5-11-33(51)28-6-2-7-29(42)26-28/h2-4,6-10,12,14-15,25-27,33,35,43H,5,11,13,16-24H2,1H3,(H,46,54,55). The van der Waals surface area contributed by atoms with E-state index in [1.165, 1.54) is 6.07 Å². The van der Waals surface area contributed by atoms with E-state index < -0.39 is 6.04 Å². The molecule has 0 radical (unpaired) electrons. The summed E-state index contributed by atoms with van der Waals surface area (Å²) in [5.74, 6) is 0.938. The Hall–Kier alpha value is -5.89. The number of hydrogen-bond donors (Lipinski definition) is 2. The van der Waals surface area contributed by atoms with Crippen LogP contribution < -0.4 is 25.3 Å². The first kappa shape index (κ1) is 36.1. The highest BCUT2D eigenvalue weighted by molar-refractivity contribution is 6.01. The molecule has 6 heterocycles. The maximum absolute atomic E-state index is 14.1. The number of hydrogen-bond acceptors (Lipinski definition) is 11. The van der Waals surface area contributed by atoms with Crippen molar-refractivity contribution in [3.8, 4) is 11.4 Å². The van der Waals surface area contributed by atoms with E-state index in [0.717, 1.165) is 110 Å². The Balaban J connectivity index is 0.898. The van der Waals surface area contributed by atoms with Crippen LogP contribution in [0.4, 0.5) is 27.4 Å². The largest absolute Gasteiger partial charge is 0.383 e. The Morgan fingerprint density at radius 2 is 1.80 bits per heavy atom. The summed E-state index contributed by atoms with van der Waals surface area (Å²) in [5, 5.41) is 11.0. The van der Waals surface area contributed by atoms with Crippen molar-refractivity contribution >= 4 is 46.8 Å². The van der Waals surface area contributed by atoms with Gasteiger partial charge in [0, 0.05) is 82.6 Å². The molecule has 0 aliphatic carbocycles. The zero-order valence-corrected chi connectivity index (χ0v) is 30.9. The highest BCUT2D eigenvalue weighted by Crippen LogP contribution is 2.36. The van der Waals surface area contributed by atoms with Gasteiger partial charge in [0.2, 0.25) is 11.8 Å². The number of piperazine rings is 1. The lowest BCUT2D eigenvalue weighted by molar-refractivity contribution is -0.134. The van der Waals surface area contributed by atoms with Crippen LogP contribution in [0.25, 0.3) is 17.0 Å². The Kier molecular flexibility index (Phi) is 10.4. The van der Waals surface area contributed by atoms with Crippen LogP contribution in [0.15, 0.2) is 79.0 Å². The Morgan fingerprint density at radius 1 is 0.964 bits per heavy atom. The van der Waals surface area contributed by atoms with Gasteiger partial charge < -0.3 is 24.8 Å². The molecule has 0 bridgehead atoms. The Bertz CT molecular complexity index is 2200. The average Bonchev–Trinajstić information content (AvgIpc) is 3.87. The maximum atomic E-state index is 14.1. The summed E-state index contributed by atoms with van der Waals surface area (Å²) < 4.78 is 15.9. The van der Waals surface area contributed by atoms with Gasteiger partial charge in [-0.1, -0.05) is 24.3 Å². The van der Waals surface area contributed by atoms with Crippen molar-refractivity contribution < 1.29 is 18.8 Å². The summed E-state index contributed by atoms with van der Waals surface area (Å²) in [4.78, 5) is 54.5. The summed E-state index contributed by atoms with van der Waals surface area (Å²) in [6.45, 7) is 5.75. The van der Waals surface area contributed by atoms with Crippen LogP contribution in [0.2, 0.25) is 0 Å². The average molecular weight is 745 g/mol. The van der Waals surface area contributed by atoms with Gasteiger partial charge in [-0.2, -0.15) is 0 Å². The minimum atomic E-state index is -0.476. The van der Waals surface area contributed by atoms with Gasteiger partial charge in [-0.3, -0.25) is 19.8 Å². The SMILES string of the molecule is CN(c1cccc(NCCN2CCN(c3cccc(-c4cnc5ccc(N6CCCC6c6cccc(F)c6)nn45)n3)CC2)c1CC=O)C1CCC(=O)NC1=O. The number of piperidine rings is 1. The summed E-state index contributed by atoms with van der Waals surface area (Å²) in [6, 6.07) is 22.3. The van der Waals surface area contributed by atoms with Crippen molar-refractivity contribution in [2.24, 2.45) is 0 Å². The van der Waals surface area contributed by atoms with Gasteiger partial charge in [-0.25, -0.2) is 18.9 Å². The van der Waals surface area contributed by atoms with Crippen LogP contribution in [0.3, 0.4) is 0 Å². The minimum Gasteiger partial charge on any atom is -0.383 e. The minimum absolute atomic E-state index is 0.0635. The normalized spacial score (nSPS) is 19.2. The zero-order valence-electron chi connectivity index (χ0n) is 30.9. The van der Waals surface area contributed by atoms with Gasteiger partial charge in [0.05, 0.1) is 17.9 Å². The molecule has 2 amide bonds. The van der Waals surface area contributed by atoms with Crippen molar-refractivity contribution in [3.63, 3.8) is 0 Å². The number of carbonyl (C=O) groups excluding carboxylic acids is 3. The van der Waals surface area contributed by atoms with E-state index in [0.29, 0.717) is 13.0 Å². The summed E-state index contributed by atoms with van der Waals surface area (Å²) in [5.41, 5.74) is 5.80. The van der Waals surface area contributed by atoms with Gasteiger partial charge in [-0.15, -0.1) is 5.10 Å². The number of rotatable bonds is 12. The summed E-state index contributed by atoms with van der Waals surface area (Å²) >= 11 is 0. The number of nitrogens with one attached hydrogen (secondary N) is 2. The molecule has 5 aromatic rings. The smallest absolute Gasteiger partial charge is 0.249 e. The highest BCUT2D eigenvalue weighted by atomic mass is 19.1. The van der Waals surface area contributed by atoms with E-state index >= 15 is 0 Å². The first-order chi connectivity index (χ1) is 26.9. The van der Waals surface area contributed by atoms with Crippen LogP contribution in [-0.2, 0) is 20.8 Å². The molecular formula is C41H45FN10O3. The number of pyridine rings is 1. The number of anilines is 4. The van der Waals surface area contributed by atoms with Crippen LogP contribution in [0.1, 0.15) is 42.9 Å². The van der Waals surface area contributed by atoms with Crippen molar-refractivity contribution in [1.82, 2.24) is 29.8 Å². The molecule has 284 valence electrons. The maximum Gasteiger partial charge on any atom is 0.249 e. The van der Waals surface area contributed by atoms with Crippen molar-refractivity contribution in [1.29, 1.82) is 0 Å². The fourth-order valence-corrected chi connectivity index (χ4v) is 8.17. The number of imidazole rings is 1. The van der Waals surface area contributed by atoms with E-state index in [1.54, 1.807) is 12.1 Å². The molecule has 3 saturated heterocycles. The van der Waals surface area contributed by atoms with Crippen LogP contribution >= 0.6 is 0 Å². The van der Waals surface area contributed by atoms with E-state index in [4.69, 9.17) is 10.1 Å². The first-order valence-electron chi connectivity index (χ1n) is 19.0. The number of likely N-dealkylation sites (N-methyl/N-ethyl adjacent to an activating group) is 1. The van der Waals surface area contributed by atoms with Crippen LogP contribution in [0, 0.1) is 5.82 Å². The third-order valence-corrected chi connectivity index (χ3v) is 11.1. The third-order valence-electron chi connectivity index (χ3n) is 11.1. The van der Waals surface area contributed by atoms with Gasteiger partial charge in [0.15, 0.2) is 5.65 Å². The molecule has 0 saturated carbocycles. The predicted molar refractivity (Wildman–Crippen MR) is 210 cm³/mol. The molecule has 13 nitrogen and oxygen atoms in total. The number of halogens is 1. The fraction of sp³-hybridized carbons (Fsp3) is 0.366. The molecule has 14 heteroatoms. The van der Waals surface area contributed by atoms with E-state index in [1.807, 2.05) is 77.3 Å². The lowest BCUT2D eigenvalue weighted by Crippen LogP contribution is -2.51. The molecule has 55 heavy (non-hydrogen) atoms. The molecular weight excluding hydrogens is 700 g/mol. The number of fused-ring (bicyclic) bond motifs is 1. The Morgan fingerprint density at radius 3 is 2.62 bits per heavy atom. The number of aldehydes is 1. The Labute approximate surface area is 319 Å². The van der Waals surface area contributed by atoms with Crippen molar-refractivity contribution in [2.75, 3.05) is 72.9 Å². The molecule has 3 fully saturated rings. The van der Waals surface area contributed by atoms with Gasteiger partial charge >= 0.3 is 0 Å². The van der Waals surface area contributed by atoms with Crippen molar-refractivity contribution in [2.45, 2.75) is 44.2 Å². The zero-order chi connectivity index (χ0) is 37.9. The van der Waals surface area contributed by atoms with Crippen molar-refractivity contribution in [3.05, 3.63) is 95.9 Å². The number of aromatic nitrogens is 4. The molecule has 2 aromatic carbocycles. The second-order valence-corrected chi connectivity index (χ2v) is 14.4. The van der Waals surface area contributed by atoms with Crippen LogP contribution in [0.5, 0.6) is 0 Å². The molecule has 3 aliphatic heterocycles. The molecule has 2 unspecified atom stereocenters. The first-order valence-corrected chi connectivity index (χ1v) is 19.0. The third kappa shape index (κ3) is 7.59. The topological polar surface area (TPSA) is 131 Å². The number of imide groups is 1. The monoisotopic (exact) mass is 744 g/mol. The highest BCUT2D eigenvalue weighted by Gasteiger charge is 2.32. The lowest BCUT2D eigenvalue weighted by atomic mass is 10.0. The summed E-state index contributed by atoms with van der Waals surface area (Å²) in [7, 11) is 1.84. The van der Waals surface area contributed by atoms with Gasteiger partial charge in [-0.05, 0) is 73.4 Å². The number of benzene rings is 2. The second-order valence-electron chi connectivity index (χ2n) is 14.4. The van der Waals surface area contributed by atoms with E-state index in [9.17, 15) is 18.8 Å². The molecule has 2 N–H and O–H groups in total. The molecule has 0 spiro atoms. The molecule has 2 atom stereocenters. The second kappa shape index (κ2) is 15.8. The number of nitrogens with zero attached hydrogens (tertiary/aromatic N) is 8. The molecule has 3 aromatic heterocycles.